The molecule has 2 saturated heterocycles. The van der Waals surface area contributed by atoms with Crippen LogP contribution in [0.1, 0.15) is 30.1 Å². The van der Waals surface area contributed by atoms with Crippen LogP contribution in [0.2, 0.25) is 0 Å². The van der Waals surface area contributed by atoms with Gasteiger partial charge in [0.05, 0.1) is 19.8 Å². The number of ether oxygens (including phenoxy) is 2. The lowest BCUT2D eigenvalue weighted by Gasteiger charge is -2.38. The highest BCUT2D eigenvalue weighted by atomic mass is 16.5. The maximum absolute atomic E-state index is 13.3. The fourth-order valence-corrected chi connectivity index (χ4v) is 4.13. The van der Waals surface area contributed by atoms with E-state index >= 15 is 0 Å². The molecule has 8 nitrogen and oxygen atoms in total. The summed E-state index contributed by atoms with van der Waals surface area (Å²) >= 11 is 0. The molecule has 0 saturated carbocycles. The summed E-state index contributed by atoms with van der Waals surface area (Å²) in [6.07, 6.45) is 5.39. The molecule has 0 bridgehead atoms. The fourth-order valence-electron chi connectivity index (χ4n) is 4.13. The molecule has 2 aliphatic heterocycles. The number of carbonyl (C=O) groups is 1. The predicted molar refractivity (Wildman–Crippen MR) is 104 cm³/mol. The highest BCUT2D eigenvalue weighted by Gasteiger charge is 2.42. The molecule has 1 amide bonds. The first-order valence-corrected chi connectivity index (χ1v) is 9.72. The lowest BCUT2D eigenvalue weighted by Crippen LogP contribution is -2.50. The van der Waals surface area contributed by atoms with E-state index in [4.69, 9.17) is 9.47 Å². The normalized spacial score (nSPS) is 21.4. The van der Waals surface area contributed by atoms with Gasteiger partial charge >= 0.3 is 0 Å². The van der Waals surface area contributed by atoms with Crippen LogP contribution in [0.15, 0.2) is 30.6 Å². The van der Waals surface area contributed by atoms with Crippen molar-refractivity contribution in [3.05, 3.63) is 36.2 Å². The Labute approximate surface area is 164 Å². The quantitative estimate of drug-likeness (QED) is 0.781. The average Bonchev–Trinajstić information content (AvgIpc) is 3.17. The minimum atomic E-state index is -0.0162. The number of rotatable bonds is 5. The molecule has 2 atom stereocenters. The zero-order chi connectivity index (χ0) is 19.5. The number of carbonyl (C=O) groups excluding carboxylic acids is 1. The SMILES string of the molecule is CCOc1ncccc1C(=O)N1CCC2CCN(c3nccc(OC)n3)CC21. The molecule has 2 aromatic rings. The molecule has 0 aromatic carbocycles. The molecule has 0 spiro atoms. The molecule has 2 unspecified atom stereocenters. The molecule has 2 fully saturated rings. The van der Waals surface area contributed by atoms with Crippen molar-refractivity contribution in [3.8, 4) is 11.8 Å². The smallest absolute Gasteiger partial charge is 0.259 e. The maximum atomic E-state index is 13.3. The third kappa shape index (κ3) is 3.46. The number of nitrogens with zero attached hydrogens (tertiary/aromatic N) is 5. The van der Waals surface area contributed by atoms with E-state index in [0.717, 1.165) is 25.9 Å². The predicted octanol–water partition coefficient (Wildman–Crippen LogP) is 2.02. The first kappa shape index (κ1) is 18.5. The minimum absolute atomic E-state index is 0.0162. The van der Waals surface area contributed by atoms with Crippen LogP contribution in [-0.4, -0.2) is 65.2 Å². The Morgan fingerprint density at radius 1 is 1.21 bits per heavy atom. The number of hydrogen-bond donors (Lipinski definition) is 0. The standard InChI is InChI=1S/C20H25N5O3/c1-3-28-18-15(5-4-9-21-18)19(26)25-12-8-14-7-11-24(13-16(14)25)20-22-10-6-17(23-20)27-2/h4-6,9-10,14,16H,3,7-8,11-13H2,1-2H3. The van der Waals surface area contributed by atoms with E-state index < -0.39 is 0 Å². The topological polar surface area (TPSA) is 80.7 Å². The van der Waals surface area contributed by atoms with Crippen molar-refractivity contribution in [3.63, 3.8) is 0 Å². The van der Waals surface area contributed by atoms with Gasteiger partial charge in [-0.15, -0.1) is 0 Å². The van der Waals surface area contributed by atoms with Gasteiger partial charge in [0.1, 0.15) is 5.56 Å². The number of fused-ring (bicyclic) bond motifs is 1. The monoisotopic (exact) mass is 383 g/mol. The number of amides is 1. The Bertz CT molecular complexity index is 846. The summed E-state index contributed by atoms with van der Waals surface area (Å²) in [4.78, 5) is 30.5. The molecule has 0 N–H and O–H groups in total. The van der Waals surface area contributed by atoms with Crippen LogP contribution < -0.4 is 14.4 Å². The van der Waals surface area contributed by atoms with Crippen LogP contribution in [0.5, 0.6) is 11.8 Å². The van der Waals surface area contributed by atoms with Gasteiger partial charge in [-0.1, -0.05) is 0 Å². The Morgan fingerprint density at radius 3 is 2.89 bits per heavy atom. The largest absolute Gasteiger partial charge is 0.481 e. The lowest BCUT2D eigenvalue weighted by molar-refractivity contribution is 0.0706. The molecule has 4 heterocycles. The molecule has 2 aliphatic rings. The van der Waals surface area contributed by atoms with Gasteiger partial charge in [0.2, 0.25) is 17.7 Å². The zero-order valence-corrected chi connectivity index (χ0v) is 16.2. The van der Waals surface area contributed by atoms with Crippen molar-refractivity contribution < 1.29 is 14.3 Å². The molecule has 148 valence electrons. The van der Waals surface area contributed by atoms with Crippen molar-refractivity contribution in [2.75, 3.05) is 38.3 Å². The van der Waals surface area contributed by atoms with Crippen molar-refractivity contribution in [1.29, 1.82) is 0 Å². The van der Waals surface area contributed by atoms with Gasteiger partial charge in [0.15, 0.2) is 0 Å². The van der Waals surface area contributed by atoms with E-state index in [9.17, 15) is 4.79 Å². The summed E-state index contributed by atoms with van der Waals surface area (Å²) < 4.78 is 10.8. The Morgan fingerprint density at radius 2 is 2.07 bits per heavy atom. The highest BCUT2D eigenvalue weighted by Crippen LogP contribution is 2.34. The third-order valence-electron chi connectivity index (χ3n) is 5.52. The molecule has 28 heavy (non-hydrogen) atoms. The van der Waals surface area contributed by atoms with Gasteiger partial charge in [-0.25, -0.2) is 9.97 Å². The Hall–Kier alpha value is -2.90. The number of hydrogen-bond acceptors (Lipinski definition) is 7. The molecule has 2 aromatic heterocycles. The van der Waals surface area contributed by atoms with Crippen molar-refractivity contribution in [1.82, 2.24) is 19.9 Å². The Balaban J connectivity index is 1.55. The first-order valence-electron chi connectivity index (χ1n) is 9.72. The number of pyridine rings is 1. The van der Waals surface area contributed by atoms with Gasteiger partial charge in [0, 0.05) is 38.1 Å². The van der Waals surface area contributed by atoms with E-state index in [1.165, 1.54) is 0 Å². The van der Waals surface area contributed by atoms with Gasteiger partial charge in [0.25, 0.3) is 5.91 Å². The first-order chi connectivity index (χ1) is 13.7. The number of piperidine rings is 1. The molecule has 0 aliphatic carbocycles. The van der Waals surface area contributed by atoms with Crippen LogP contribution in [-0.2, 0) is 0 Å². The van der Waals surface area contributed by atoms with Crippen molar-refractivity contribution >= 4 is 11.9 Å². The third-order valence-corrected chi connectivity index (χ3v) is 5.52. The van der Waals surface area contributed by atoms with Gasteiger partial charge in [-0.05, 0) is 37.8 Å². The van der Waals surface area contributed by atoms with E-state index in [2.05, 4.69) is 19.9 Å². The van der Waals surface area contributed by atoms with E-state index in [1.807, 2.05) is 11.8 Å². The molecule has 8 heteroatoms. The second-order valence-corrected chi connectivity index (χ2v) is 7.04. The average molecular weight is 383 g/mol. The van der Waals surface area contributed by atoms with E-state index in [1.54, 1.807) is 37.7 Å². The van der Waals surface area contributed by atoms with Gasteiger partial charge in [-0.2, -0.15) is 4.98 Å². The summed E-state index contributed by atoms with van der Waals surface area (Å²) in [5, 5.41) is 0. The summed E-state index contributed by atoms with van der Waals surface area (Å²) in [5.41, 5.74) is 0.528. The number of likely N-dealkylation sites (tertiary alicyclic amines) is 1. The number of aromatic nitrogens is 3. The second-order valence-electron chi connectivity index (χ2n) is 7.04. The summed E-state index contributed by atoms with van der Waals surface area (Å²) in [6.45, 7) is 4.72. The van der Waals surface area contributed by atoms with Gasteiger partial charge < -0.3 is 19.3 Å². The molecule has 0 radical (unpaired) electrons. The van der Waals surface area contributed by atoms with Crippen molar-refractivity contribution in [2.45, 2.75) is 25.8 Å². The summed E-state index contributed by atoms with van der Waals surface area (Å²) in [7, 11) is 1.60. The highest BCUT2D eigenvalue weighted by molar-refractivity contribution is 5.96. The summed E-state index contributed by atoms with van der Waals surface area (Å²) in [6, 6.07) is 5.44. The van der Waals surface area contributed by atoms with Crippen LogP contribution in [0.4, 0.5) is 5.95 Å². The van der Waals surface area contributed by atoms with Crippen LogP contribution in [0.25, 0.3) is 0 Å². The number of anilines is 1. The minimum Gasteiger partial charge on any atom is -0.481 e. The number of methoxy groups -OCH3 is 1. The molecule has 4 rings (SSSR count). The van der Waals surface area contributed by atoms with Crippen LogP contribution in [0, 0.1) is 5.92 Å². The van der Waals surface area contributed by atoms with Gasteiger partial charge in [-0.3, -0.25) is 4.79 Å². The van der Waals surface area contributed by atoms with E-state index in [0.29, 0.717) is 42.3 Å². The summed E-state index contributed by atoms with van der Waals surface area (Å²) in [5.74, 6) is 2.08. The van der Waals surface area contributed by atoms with E-state index in [-0.39, 0.29) is 11.9 Å². The molecular formula is C20H25N5O3. The Kier molecular flexibility index (Phi) is 5.27. The van der Waals surface area contributed by atoms with Crippen LogP contribution >= 0.6 is 0 Å². The molecular weight excluding hydrogens is 358 g/mol. The zero-order valence-electron chi connectivity index (χ0n) is 16.2. The maximum Gasteiger partial charge on any atom is 0.259 e. The second kappa shape index (κ2) is 8.00. The lowest BCUT2D eigenvalue weighted by atomic mass is 9.92. The van der Waals surface area contributed by atoms with Crippen LogP contribution in [0.3, 0.4) is 0 Å². The fraction of sp³-hybridized carbons (Fsp3) is 0.500. The van der Waals surface area contributed by atoms with Crippen molar-refractivity contribution in [2.24, 2.45) is 5.92 Å².